The Bertz CT molecular complexity index is 992. The van der Waals surface area contributed by atoms with Crippen LogP contribution in [0.3, 0.4) is 0 Å². The van der Waals surface area contributed by atoms with Gasteiger partial charge in [0.1, 0.15) is 0 Å². The molecule has 8 heteroatoms. The average molecular weight is 544 g/mol. The summed E-state index contributed by atoms with van der Waals surface area (Å²) in [5.41, 5.74) is 0.716. The molecule has 2 aliphatic rings. The molecule has 1 N–H and O–H groups in total. The summed E-state index contributed by atoms with van der Waals surface area (Å²) in [4.78, 5) is 32.8. The van der Waals surface area contributed by atoms with Gasteiger partial charge in [-0.05, 0) is 76.4 Å². The molecule has 3 atom stereocenters. The van der Waals surface area contributed by atoms with Gasteiger partial charge < -0.3 is 24.4 Å². The second kappa shape index (κ2) is 14.2. The van der Waals surface area contributed by atoms with Crippen molar-refractivity contribution in [1.82, 2.24) is 14.7 Å². The van der Waals surface area contributed by atoms with Gasteiger partial charge in [0.25, 0.3) is 0 Å². The Hall–Kier alpha value is -2.58. The van der Waals surface area contributed by atoms with Crippen LogP contribution < -0.4 is 9.47 Å². The molecule has 8 nitrogen and oxygen atoms in total. The molecule has 0 saturated carbocycles. The molecule has 1 amide bonds. The Kier molecular flexibility index (Phi) is 11.2. The van der Waals surface area contributed by atoms with Gasteiger partial charge in [0.2, 0.25) is 12.7 Å². The number of amides is 1. The molecule has 0 bridgehead atoms. The molecule has 2 aliphatic heterocycles. The molecular formula is C31H49N3O5. The van der Waals surface area contributed by atoms with Gasteiger partial charge in [-0.1, -0.05) is 45.4 Å². The fourth-order valence-electron chi connectivity index (χ4n) is 6.00. The van der Waals surface area contributed by atoms with E-state index in [1.54, 1.807) is 0 Å². The smallest absolute Gasteiger partial charge is 0.308 e. The number of hydrogen-bond donors (Lipinski definition) is 1. The molecule has 0 aromatic heterocycles. The number of carbonyl (C=O) groups excluding carboxylic acids is 1. The SMILES string of the molecule is C/C=C/C(C)(C)CC1C(C(=O)O)C(c2ccc3c(c2)OCO3)CN1CC(=O)N(CCCC)CCCCN(C)C. The molecule has 39 heavy (non-hydrogen) atoms. The molecule has 2 heterocycles. The molecule has 0 spiro atoms. The number of hydrogen-bond acceptors (Lipinski definition) is 6. The highest BCUT2D eigenvalue weighted by Crippen LogP contribution is 2.45. The summed E-state index contributed by atoms with van der Waals surface area (Å²) in [6.07, 6.45) is 8.81. The molecule has 1 aromatic rings. The van der Waals surface area contributed by atoms with Crippen molar-refractivity contribution in [2.24, 2.45) is 11.3 Å². The second-order valence-electron chi connectivity index (χ2n) is 12.0. The number of likely N-dealkylation sites (tertiary alicyclic amines) is 1. The lowest BCUT2D eigenvalue weighted by Gasteiger charge is -2.34. The molecule has 0 radical (unpaired) electrons. The first-order valence-corrected chi connectivity index (χ1v) is 14.5. The van der Waals surface area contributed by atoms with E-state index in [4.69, 9.17) is 9.47 Å². The predicted molar refractivity (Wildman–Crippen MR) is 154 cm³/mol. The van der Waals surface area contributed by atoms with Crippen molar-refractivity contribution in [2.75, 3.05) is 53.6 Å². The minimum Gasteiger partial charge on any atom is -0.481 e. The molecule has 3 unspecified atom stereocenters. The van der Waals surface area contributed by atoms with Crippen LogP contribution in [0.4, 0.5) is 0 Å². The van der Waals surface area contributed by atoms with Crippen molar-refractivity contribution in [3.05, 3.63) is 35.9 Å². The lowest BCUT2D eigenvalue weighted by atomic mass is 9.77. The van der Waals surface area contributed by atoms with Gasteiger partial charge in [-0.2, -0.15) is 0 Å². The van der Waals surface area contributed by atoms with Gasteiger partial charge in [-0.3, -0.25) is 14.5 Å². The van der Waals surface area contributed by atoms with E-state index in [0.717, 1.165) is 50.9 Å². The van der Waals surface area contributed by atoms with Crippen molar-refractivity contribution < 1.29 is 24.2 Å². The maximum absolute atomic E-state index is 13.7. The Morgan fingerprint density at radius 3 is 2.46 bits per heavy atom. The maximum Gasteiger partial charge on any atom is 0.308 e. The Morgan fingerprint density at radius 2 is 1.79 bits per heavy atom. The van der Waals surface area contributed by atoms with Crippen LogP contribution >= 0.6 is 0 Å². The third-order valence-electron chi connectivity index (χ3n) is 7.97. The number of carbonyl (C=O) groups is 2. The molecule has 218 valence electrons. The van der Waals surface area contributed by atoms with E-state index < -0.39 is 11.9 Å². The van der Waals surface area contributed by atoms with Gasteiger partial charge in [-0.15, -0.1) is 0 Å². The summed E-state index contributed by atoms with van der Waals surface area (Å²) in [6, 6.07) is 5.46. The Labute approximate surface area is 234 Å². The molecule has 1 fully saturated rings. The van der Waals surface area contributed by atoms with Gasteiger partial charge in [0, 0.05) is 31.6 Å². The van der Waals surface area contributed by atoms with Crippen LogP contribution in [-0.2, 0) is 9.59 Å². The second-order valence-corrected chi connectivity index (χ2v) is 12.0. The average Bonchev–Trinajstić information content (AvgIpc) is 3.47. The lowest BCUT2D eigenvalue weighted by Crippen LogP contribution is -2.46. The summed E-state index contributed by atoms with van der Waals surface area (Å²) < 4.78 is 11.1. The van der Waals surface area contributed by atoms with E-state index in [-0.39, 0.29) is 36.6 Å². The Morgan fingerprint density at radius 1 is 1.10 bits per heavy atom. The zero-order chi connectivity index (χ0) is 28.6. The zero-order valence-electron chi connectivity index (χ0n) is 24.8. The minimum atomic E-state index is -0.819. The highest BCUT2D eigenvalue weighted by atomic mass is 16.7. The van der Waals surface area contributed by atoms with E-state index in [1.807, 2.05) is 36.1 Å². The van der Waals surface area contributed by atoms with Crippen molar-refractivity contribution in [3.8, 4) is 11.5 Å². The lowest BCUT2D eigenvalue weighted by molar-refractivity contribution is -0.144. The van der Waals surface area contributed by atoms with Gasteiger partial charge in [0.05, 0.1) is 12.5 Å². The highest BCUT2D eigenvalue weighted by Gasteiger charge is 2.48. The number of aliphatic carboxylic acids is 1. The largest absolute Gasteiger partial charge is 0.481 e. The van der Waals surface area contributed by atoms with Crippen LogP contribution in [-0.4, -0.2) is 91.3 Å². The van der Waals surface area contributed by atoms with E-state index in [2.05, 4.69) is 50.7 Å². The number of fused-ring (bicyclic) bond motifs is 1. The third kappa shape index (κ3) is 8.45. The number of nitrogens with zero attached hydrogens (tertiary/aromatic N) is 3. The standard InChI is InChI=1S/C31H49N3O5/c1-7-9-16-33(17-11-10-15-32(5)6)28(35)21-34-20-24(23-12-13-26-27(18-23)39-22-38-26)29(30(36)37)25(34)19-31(3,4)14-8-2/h8,12-14,18,24-25,29H,7,9-11,15-17,19-22H2,1-6H3,(H,36,37)/b14-8+. The number of unbranched alkanes of at least 4 members (excludes halogenated alkanes) is 2. The first-order valence-electron chi connectivity index (χ1n) is 14.5. The first kappa shape index (κ1) is 31.0. The molecule has 1 saturated heterocycles. The number of carboxylic acid groups (broad SMARTS) is 1. The summed E-state index contributed by atoms with van der Waals surface area (Å²) >= 11 is 0. The summed E-state index contributed by atoms with van der Waals surface area (Å²) in [5.74, 6) is -0.270. The maximum atomic E-state index is 13.7. The van der Waals surface area contributed by atoms with Crippen molar-refractivity contribution in [3.63, 3.8) is 0 Å². The normalized spacial score (nSPS) is 21.3. The van der Waals surface area contributed by atoms with Crippen LogP contribution in [0.2, 0.25) is 0 Å². The number of carboxylic acids is 1. The number of ether oxygens (including phenoxy) is 2. The summed E-state index contributed by atoms with van der Waals surface area (Å²) in [6.45, 7) is 11.8. The number of rotatable bonds is 15. The summed E-state index contributed by atoms with van der Waals surface area (Å²) in [5, 5.41) is 10.5. The van der Waals surface area contributed by atoms with Gasteiger partial charge in [0.15, 0.2) is 11.5 Å². The van der Waals surface area contributed by atoms with Crippen LogP contribution in [0.15, 0.2) is 30.4 Å². The van der Waals surface area contributed by atoms with E-state index >= 15 is 0 Å². The predicted octanol–water partition coefficient (Wildman–Crippen LogP) is 4.85. The van der Waals surface area contributed by atoms with Gasteiger partial charge >= 0.3 is 5.97 Å². The van der Waals surface area contributed by atoms with Crippen LogP contribution in [0.25, 0.3) is 0 Å². The van der Waals surface area contributed by atoms with E-state index in [9.17, 15) is 14.7 Å². The monoisotopic (exact) mass is 543 g/mol. The van der Waals surface area contributed by atoms with Crippen LogP contribution in [0.5, 0.6) is 11.5 Å². The zero-order valence-corrected chi connectivity index (χ0v) is 24.8. The van der Waals surface area contributed by atoms with Crippen molar-refractivity contribution in [1.29, 1.82) is 0 Å². The third-order valence-corrected chi connectivity index (χ3v) is 7.97. The quantitative estimate of drug-likeness (QED) is 0.250. The van der Waals surface area contributed by atoms with Crippen molar-refractivity contribution in [2.45, 2.75) is 71.8 Å². The van der Waals surface area contributed by atoms with Gasteiger partial charge in [-0.25, -0.2) is 0 Å². The van der Waals surface area contributed by atoms with E-state index in [1.165, 1.54) is 0 Å². The van der Waals surface area contributed by atoms with E-state index in [0.29, 0.717) is 24.5 Å². The van der Waals surface area contributed by atoms with Crippen molar-refractivity contribution >= 4 is 11.9 Å². The van der Waals surface area contributed by atoms with Crippen LogP contribution in [0.1, 0.15) is 71.3 Å². The molecule has 1 aromatic carbocycles. The Balaban J connectivity index is 1.86. The fourth-order valence-corrected chi connectivity index (χ4v) is 6.00. The molecular weight excluding hydrogens is 494 g/mol. The molecule has 0 aliphatic carbocycles. The number of allylic oxidation sites excluding steroid dienone is 2. The number of benzene rings is 1. The fraction of sp³-hybridized carbons (Fsp3) is 0.677. The first-order chi connectivity index (χ1) is 18.6. The molecule has 3 rings (SSSR count). The highest BCUT2D eigenvalue weighted by molar-refractivity contribution is 5.79. The summed E-state index contributed by atoms with van der Waals surface area (Å²) in [7, 11) is 4.14. The topological polar surface area (TPSA) is 82.5 Å². The minimum absolute atomic E-state index is 0.0950. The van der Waals surface area contributed by atoms with Crippen LogP contribution in [0, 0.1) is 11.3 Å².